The van der Waals surface area contributed by atoms with E-state index in [0.717, 1.165) is 5.56 Å². The first-order valence-corrected chi connectivity index (χ1v) is 7.21. The van der Waals surface area contributed by atoms with Crippen molar-refractivity contribution in [3.05, 3.63) is 51.5 Å². The predicted octanol–water partition coefficient (Wildman–Crippen LogP) is 4.57. The Morgan fingerprint density at radius 2 is 1.82 bits per heavy atom. The molecule has 2 rings (SSSR count). The number of methoxy groups -OCH3 is 2. The summed E-state index contributed by atoms with van der Waals surface area (Å²) in [5, 5.41) is 3.69. The van der Waals surface area contributed by atoms with Crippen LogP contribution in [0.3, 0.4) is 0 Å². The lowest BCUT2D eigenvalue weighted by Gasteiger charge is -2.13. The van der Waals surface area contributed by atoms with Crippen molar-refractivity contribution in [2.45, 2.75) is 6.92 Å². The predicted molar refractivity (Wildman–Crippen MR) is 88.7 cm³/mol. The summed E-state index contributed by atoms with van der Waals surface area (Å²) in [6.07, 6.45) is 0. The van der Waals surface area contributed by atoms with Crippen LogP contribution in [0.5, 0.6) is 11.5 Å². The van der Waals surface area contributed by atoms with E-state index in [1.165, 1.54) is 20.3 Å². The molecule has 0 aromatic heterocycles. The maximum absolute atomic E-state index is 12.4. The van der Waals surface area contributed by atoms with Crippen LogP contribution in [-0.4, -0.2) is 20.1 Å². The van der Waals surface area contributed by atoms with Crippen LogP contribution < -0.4 is 14.8 Å². The molecule has 0 saturated heterocycles. The van der Waals surface area contributed by atoms with Crippen LogP contribution in [0.15, 0.2) is 30.3 Å². The molecule has 0 aliphatic rings. The van der Waals surface area contributed by atoms with Crippen LogP contribution in [0.2, 0.25) is 10.0 Å². The highest BCUT2D eigenvalue weighted by Gasteiger charge is 2.16. The molecule has 0 spiro atoms. The fourth-order valence-corrected chi connectivity index (χ4v) is 2.45. The molecule has 2 aromatic carbocycles. The number of amides is 1. The largest absolute Gasteiger partial charge is 0.493 e. The molecule has 116 valence electrons. The van der Waals surface area contributed by atoms with Gasteiger partial charge in [-0.2, -0.15) is 0 Å². The average molecular weight is 340 g/mol. The number of benzene rings is 2. The highest BCUT2D eigenvalue weighted by Crippen LogP contribution is 2.36. The van der Waals surface area contributed by atoms with E-state index in [-0.39, 0.29) is 5.91 Å². The fourth-order valence-electron chi connectivity index (χ4n) is 1.99. The van der Waals surface area contributed by atoms with Gasteiger partial charge in [0.1, 0.15) is 0 Å². The Morgan fingerprint density at radius 3 is 2.45 bits per heavy atom. The minimum Gasteiger partial charge on any atom is -0.493 e. The van der Waals surface area contributed by atoms with Gasteiger partial charge < -0.3 is 14.8 Å². The lowest BCUT2D eigenvalue weighted by molar-refractivity contribution is 0.102. The fraction of sp³-hybridized carbons (Fsp3) is 0.188. The Labute approximate surface area is 138 Å². The van der Waals surface area contributed by atoms with Gasteiger partial charge in [0.2, 0.25) is 0 Å². The quantitative estimate of drug-likeness (QED) is 0.887. The smallest absolute Gasteiger partial charge is 0.255 e. The monoisotopic (exact) mass is 339 g/mol. The highest BCUT2D eigenvalue weighted by atomic mass is 35.5. The van der Waals surface area contributed by atoms with E-state index in [4.69, 9.17) is 32.7 Å². The maximum Gasteiger partial charge on any atom is 0.255 e. The standard InChI is InChI=1S/C16H15Cl2NO3/c1-9-11(17)5-4-6-13(9)19-16(20)10-7-12(18)15(22-3)14(8-10)21-2/h4-8H,1-3H3,(H,19,20). The van der Waals surface area contributed by atoms with Crippen molar-refractivity contribution >= 4 is 34.8 Å². The molecule has 6 heteroatoms. The third-order valence-corrected chi connectivity index (χ3v) is 3.90. The summed E-state index contributed by atoms with van der Waals surface area (Å²) in [5.41, 5.74) is 1.80. The molecule has 1 N–H and O–H groups in total. The van der Waals surface area contributed by atoms with Gasteiger partial charge in [0.25, 0.3) is 5.91 Å². The maximum atomic E-state index is 12.4. The van der Waals surface area contributed by atoms with Crippen molar-refractivity contribution in [2.24, 2.45) is 0 Å². The second-order valence-corrected chi connectivity index (χ2v) is 5.37. The van der Waals surface area contributed by atoms with E-state index in [2.05, 4.69) is 5.32 Å². The van der Waals surface area contributed by atoms with E-state index in [0.29, 0.717) is 32.8 Å². The van der Waals surface area contributed by atoms with E-state index in [9.17, 15) is 4.79 Å². The number of anilines is 1. The Kier molecular flexibility index (Phi) is 5.16. The van der Waals surface area contributed by atoms with Crippen LogP contribution in [0.1, 0.15) is 15.9 Å². The Balaban J connectivity index is 2.34. The van der Waals surface area contributed by atoms with Crippen LogP contribution in [0.25, 0.3) is 0 Å². The van der Waals surface area contributed by atoms with Gasteiger partial charge in [0, 0.05) is 16.3 Å². The first-order chi connectivity index (χ1) is 10.5. The third-order valence-electron chi connectivity index (χ3n) is 3.21. The van der Waals surface area contributed by atoms with E-state index >= 15 is 0 Å². The van der Waals surface area contributed by atoms with E-state index < -0.39 is 0 Å². The van der Waals surface area contributed by atoms with Crippen molar-refractivity contribution in [1.29, 1.82) is 0 Å². The van der Waals surface area contributed by atoms with Gasteiger partial charge in [-0.05, 0) is 36.8 Å². The Hall–Kier alpha value is -1.91. The summed E-state index contributed by atoms with van der Waals surface area (Å²) >= 11 is 12.2. The van der Waals surface area contributed by atoms with Gasteiger partial charge in [-0.15, -0.1) is 0 Å². The number of nitrogens with one attached hydrogen (secondary N) is 1. The topological polar surface area (TPSA) is 47.6 Å². The SMILES string of the molecule is COc1cc(C(=O)Nc2cccc(Cl)c2C)cc(Cl)c1OC. The molecule has 0 heterocycles. The summed E-state index contributed by atoms with van der Waals surface area (Å²) < 4.78 is 10.3. The van der Waals surface area contributed by atoms with Gasteiger partial charge in [0.15, 0.2) is 11.5 Å². The molecule has 0 saturated carbocycles. The van der Waals surface area contributed by atoms with Crippen molar-refractivity contribution in [1.82, 2.24) is 0 Å². The van der Waals surface area contributed by atoms with E-state index in [1.54, 1.807) is 24.3 Å². The molecule has 0 unspecified atom stereocenters. The zero-order valence-corrected chi connectivity index (χ0v) is 13.9. The number of carbonyl (C=O) groups is 1. The van der Waals surface area contributed by atoms with Gasteiger partial charge in [0.05, 0.1) is 19.2 Å². The lowest BCUT2D eigenvalue weighted by Crippen LogP contribution is -2.13. The summed E-state index contributed by atoms with van der Waals surface area (Å²) in [4.78, 5) is 12.4. The lowest BCUT2D eigenvalue weighted by atomic mass is 10.1. The molecule has 0 bridgehead atoms. The van der Waals surface area contributed by atoms with Gasteiger partial charge in [-0.25, -0.2) is 0 Å². The second kappa shape index (κ2) is 6.90. The molecule has 1 amide bonds. The van der Waals surface area contributed by atoms with Crippen molar-refractivity contribution in [3.63, 3.8) is 0 Å². The second-order valence-electron chi connectivity index (χ2n) is 4.56. The summed E-state index contributed by atoms with van der Waals surface area (Å²) in [6.45, 7) is 1.83. The minimum absolute atomic E-state index is 0.301. The van der Waals surface area contributed by atoms with Gasteiger partial charge in [-0.3, -0.25) is 4.79 Å². The van der Waals surface area contributed by atoms with Crippen LogP contribution in [0.4, 0.5) is 5.69 Å². The zero-order valence-electron chi connectivity index (χ0n) is 12.4. The van der Waals surface area contributed by atoms with Crippen molar-refractivity contribution < 1.29 is 14.3 Å². The number of halogens is 2. The van der Waals surface area contributed by atoms with Gasteiger partial charge >= 0.3 is 0 Å². The average Bonchev–Trinajstić information content (AvgIpc) is 2.50. The molecule has 0 aliphatic heterocycles. The molecule has 22 heavy (non-hydrogen) atoms. The molecule has 0 atom stereocenters. The normalized spacial score (nSPS) is 10.2. The van der Waals surface area contributed by atoms with Crippen molar-refractivity contribution in [2.75, 3.05) is 19.5 Å². The van der Waals surface area contributed by atoms with E-state index in [1.807, 2.05) is 6.92 Å². The number of hydrogen-bond donors (Lipinski definition) is 1. The molecule has 0 fully saturated rings. The first kappa shape index (κ1) is 16.5. The number of ether oxygens (including phenoxy) is 2. The van der Waals surface area contributed by atoms with Gasteiger partial charge in [-0.1, -0.05) is 29.3 Å². The molecule has 0 aliphatic carbocycles. The number of carbonyl (C=O) groups excluding carboxylic acids is 1. The minimum atomic E-state index is -0.312. The molecule has 2 aromatic rings. The molecular formula is C16H15Cl2NO3. The highest BCUT2D eigenvalue weighted by molar-refractivity contribution is 6.33. The number of hydrogen-bond acceptors (Lipinski definition) is 3. The zero-order chi connectivity index (χ0) is 16.3. The molecule has 0 radical (unpaired) electrons. The molecule has 4 nitrogen and oxygen atoms in total. The summed E-state index contributed by atoms with van der Waals surface area (Å²) in [7, 11) is 2.97. The van der Waals surface area contributed by atoms with Crippen LogP contribution in [0, 0.1) is 6.92 Å². The summed E-state index contributed by atoms with van der Waals surface area (Å²) in [5.74, 6) is 0.468. The molecular weight excluding hydrogens is 325 g/mol. The first-order valence-electron chi connectivity index (χ1n) is 6.46. The Bertz CT molecular complexity index is 717. The van der Waals surface area contributed by atoms with Crippen LogP contribution in [-0.2, 0) is 0 Å². The summed E-state index contributed by atoms with van der Waals surface area (Å²) in [6, 6.07) is 8.41. The van der Waals surface area contributed by atoms with Crippen molar-refractivity contribution in [3.8, 4) is 11.5 Å². The van der Waals surface area contributed by atoms with Crippen LogP contribution >= 0.6 is 23.2 Å². The Morgan fingerprint density at radius 1 is 1.09 bits per heavy atom. The number of rotatable bonds is 4. The third kappa shape index (κ3) is 3.29.